The molecule has 7 rings (SSSR count). The number of anilines is 2. The molecule has 5 N–H and O–H groups in total. The summed E-state index contributed by atoms with van der Waals surface area (Å²) >= 11 is 1.45. The average Bonchev–Trinajstić information content (AvgIpc) is 3.52. The highest BCUT2D eigenvalue weighted by atomic mass is 32.2. The summed E-state index contributed by atoms with van der Waals surface area (Å²) in [5.41, 5.74) is 0.521. The van der Waals surface area contributed by atoms with E-state index in [0.29, 0.717) is 46.0 Å². The Morgan fingerprint density at radius 1 is 1.03 bits per heavy atom. The molecule has 16 nitrogen and oxygen atoms in total. The molecule has 0 unspecified atom stereocenters. The molecule has 1 aliphatic carbocycles. The van der Waals surface area contributed by atoms with Crippen LogP contribution in [0.15, 0.2) is 71.0 Å². The van der Waals surface area contributed by atoms with Gasteiger partial charge in [-0.3, -0.25) is 19.2 Å². The van der Waals surface area contributed by atoms with Gasteiger partial charge in [-0.25, -0.2) is 23.1 Å². The summed E-state index contributed by atoms with van der Waals surface area (Å²) in [5, 5.41) is 15.4. The molecule has 0 spiro atoms. The molecular weight excluding hydrogens is 857 g/mol. The summed E-state index contributed by atoms with van der Waals surface area (Å²) in [6, 6.07) is 12.7. The number of carbonyl (C=O) groups excluding carboxylic acids is 4. The van der Waals surface area contributed by atoms with Crippen molar-refractivity contribution in [3.05, 3.63) is 66.1 Å². The number of nitrogens with zero attached hydrogens (tertiary/aromatic N) is 3. The third-order valence-electron chi connectivity index (χ3n) is 12.0. The standard InChI is InChI=1S/C46H58N8O8S2/c1-27(2)33(22-41(55)47-5)43(57)54-25-31(62-39-23-36(37-26-63-45(51-37)49-28(3)4)50-35-20-30(61-6)17-18-32(35)39)21-38(54)42(56)52-46-24-29(46)14-10-8-7-9-13-19-48-34-15-11-12-16-40(34)64(59,60)53-44(46)58/h10-12,14-18,20,23,26-29,31,33,38,48H,7-9,13,19,21-22,24-25H2,1-6H3,(H,47,55)(H,49,51)(H,52,56)(H,53,58)/b14-10-/t29-,31-,33+,38+,46-/m1/s1. The SMILES string of the molecule is CNC(=O)C[C@H](C(=O)N1C[C@H](Oc2cc(-c3csc(NC(C)C)n3)nc3cc(OC)ccc23)C[C@H]1C(=O)N[C@]12C[C@H]1/C=C\CCCCCNc1ccccc1S(=O)(=O)NC2=O)C(C)C. The van der Waals surface area contributed by atoms with E-state index < -0.39 is 57.3 Å². The minimum Gasteiger partial charge on any atom is -0.497 e. The van der Waals surface area contributed by atoms with Crippen LogP contribution in [0.1, 0.15) is 72.6 Å². The fourth-order valence-corrected chi connectivity index (χ4v) is 10.4. The molecule has 3 aliphatic rings. The quantitative estimate of drug-likeness (QED) is 0.106. The van der Waals surface area contributed by atoms with E-state index >= 15 is 0 Å². The highest BCUT2D eigenvalue weighted by Gasteiger charge is 2.62. The van der Waals surface area contributed by atoms with Gasteiger partial charge in [0.05, 0.1) is 30.6 Å². The molecule has 0 radical (unpaired) electrons. The predicted molar refractivity (Wildman–Crippen MR) is 247 cm³/mol. The number of pyridine rings is 1. The molecule has 18 heteroatoms. The van der Waals surface area contributed by atoms with E-state index in [9.17, 15) is 27.6 Å². The van der Waals surface area contributed by atoms with Gasteiger partial charge in [0.1, 0.15) is 39.8 Å². The van der Waals surface area contributed by atoms with Gasteiger partial charge in [-0.2, -0.15) is 0 Å². The van der Waals surface area contributed by atoms with Crippen molar-refractivity contribution < 1.29 is 37.1 Å². The van der Waals surface area contributed by atoms with Gasteiger partial charge in [0.25, 0.3) is 15.9 Å². The van der Waals surface area contributed by atoms with Gasteiger partial charge in [-0.1, -0.05) is 44.6 Å². The van der Waals surface area contributed by atoms with Crippen LogP contribution in [-0.4, -0.2) is 97.9 Å². The second-order valence-electron chi connectivity index (χ2n) is 17.3. The number of hydrogen-bond acceptors (Lipinski definition) is 13. The number of nitrogens with one attached hydrogen (secondary N) is 5. The lowest BCUT2D eigenvalue weighted by atomic mass is 9.90. The first-order valence-electron chi connectivity index (χ1n) is 21.9. The van der Waals surface area contributed by atoms with Crippen LogP contribution in [0.5, 0.6) is 11.5 Å². The molecule has 2 aliphatic heterocycles. The first-order chi connectivity index (χ1) is 30.6. The molecule has 1 saturated carbocycles. The van der Waals surface area contributed by atoms with Crippen molar-refractivity contribution >= 4 is 66.7 Å². The van der Waals surface area contributed by atoms with E-state index in [1.54, 1.807) is 43.5 Å². The fourth-order valence-electron chi connectivity index (χ4n) is 8.36. The zero-order valence-corrected chi connectivity index (χ0v) is 38.7. The summed E-state index contributed by atoms with van der Waals surface area (Å²) in [5.74, 6) is -2.74. The molecule has 0 bridgehead atoms. The number of fused-ring (bicyclic) bond motifs is 3. The van der Waals surface area contributed by atoms with Gasteiger partial charge in [0, 0.05) is 67.2 Å². The smallest absolute Gasteiger partial charge is 0.266 e. The zero-order valence-electron chi connectivity index (χ0n) is 37.1. The molecule has 4 aromatic rings. The predicted octanol–water partition coefficient (Wildman–Crippen LogP) is 5.87. The van der Waals surface area contributed by atoms with E-state index in [0.717, 1.165) is 30.8 Å². The van der Waals surface area contributed by atoms with Crippen LogP contribution in [-0.2, 0) is 29.2 Å². The molecule has 2 aromatic heterocycles. The van der Waals surface area contributed by atoms with Crippen molar-refractivity contribution in [2.24, 2.45) is 17.8 Å². The number of benzene rings is 2. The van der Waals surface area contributed by atoms with Crippen LogP contribution in [0.25, 0.3) is 22.3 Å². The van der Waals surface area contributed by atoms with Gasteiger partial charge in [0.2, 0.25) is 17.7 Å². The van der Waals surface area contributed by atoms with E-state index in [-0.39, 0.29) is 48.6 Å². The van der Waals surface area contributed by atoms with Crippen LogP contribution in [0.3, 0.4) is 0 Å². The first kappa shape index (κ1) is 46.2. The zero-order chi connectivity index (χ0) is 45.8. The number of allylic oxidation sites excluding steroid dienone is 1. The molecule has 2 fully saturated rings. The maximum absolute atomic E-state index is 14.8. The number of sulfonamides is 1. The topological polar surface area (TPSA) is 210 Å². The Morgan fingerprint density at radius 3 is 2.58 bits per heavy atom. The highest BCUT2D eigenvalue weighted by Crippen LogP contribution is 2.46. The molecule has 4 heterocycles. The normalized spacial score (nSPS) is 23.0. The minimum atomic E-state index is -4.38. The van der Waals surface area contributed by atoms with Crippen molar-refractivity contribution in [2.45, 2.75) is 101 Å². The minimum absolute atomic E-state index is 0.0109. The number of ether oxygens (including phenoxy) is 2. The highest BCUT2D eigenvalue weighted by molar-refractivity contribution is 7.90. The van der Waals surface area contributed by atoms with Crippen molar-refractivity contribution in [2.75, 3.05) is 37.9 Å². The molecule has 1 saturated heterocycles. The summed E-state index contributed by atoms with van der Waals surface area (Å²) in [6.45, 7) is 8.30. The Kier molecular flexibility index (Phi) is 14.1. The van der Waals surface area contributed by atoms with Crippen molar-refractivity contribution in [1.82, 2.24) is 30.2 Å². The van der Waals surface area contributed by atoms with E-state index in [1.165, 1.54) is 29.4 Å². The Balaban J connectivity index is 1.22. The van der Waals surface area contributed by atoms with Gasteiger partial charge in [0.15, 0.2) is 5.13 Å². The molecular formula is C46H58N8O8S2. The lowest BCUT2D eigenvalue weighted by Crippen LogP contribution is -2.57. The third kappa shape index (κ3) is 10.3. The number of aromatic nitrogens is 2. The van der Waals surface area contributed by atoms with Crippen LogP contribution in [0.2, 0.25) is 0 Å². The van der Waals surface area contributed by atoms with Gasteiger partial charge in [-0.05, 0) is 69.7 Å². The fraction of sp³-hybridized carbons (Fsp3) is 0.478. The maximum Gasteiger partial charge on any atom is 0.266 e. The number of rotatable bonds is 12. The Morgan fingerprint density at radius 2 is 1.83 bits per heavy atom. The third-order valence-corrected chi connectivity index (χ3v) is 14.2. The average molecular weight is 915 g/mol. The van der Waals surface area contributed by atoms with E-state index in [2.05, 4.69) is 26.0 Å². The number of carbonyl (C=O) groups is 4. The molecule has 342 valence electrons. The number of likely N-dealkylation sites (tertiary alicyclic amines) is 1. The molecule has 2 aromatic carbocycles. The van der Waals surface area contributed by atoms with Crippen LogP contribution in [0, 0.1) is 17.8 Å². The van der Waals surface area contributed by atoms with Crippen LogP contribution < -0.4 is 35.5 Å². The Bertz CT molecular complexity index is 2530. The lowest BCUT2D eigenvalue weighted by Gasteiger charge is -2.30. The van der Waals surface area contributed by atoms with Crippen LogP contribution in [0.4, 0.5) is 10.8 Å². The van der Waals surface area contributed by atoms with Crippen LogP contribution >= 0.6 is 11.3 Å². The Hall–Kier alpha value is -5.75. The summed E-state index contributed by atoms with van der Waals surface area (Å²) < 4.78 is 42.3. The monoisotopic (exact) mass is 914 g/mol. The molecule has 4 amide bonds. The number of thiazole rings is 1. The van der Waals surface area contributed by atoms with Gasteiger partial charge in [-0.15, -0.1) is 11.3 Å². The lowest BCUT2D eigenvalue weighted by molar-refractivity contribution is -0.145. The molecule has 64 heavy (non-hydrogen) atoms. The van der Waals surface area contributed by atoms with Crippen molar-refractivity contribution in [3.63, 3.8) is 0 Å². The second-order valence-corrected chi connectivity index (χ2v) is 19.9. The largest absolute Gasteiger partial charge is 0.497 e. The number of para-hydroxylation sites is 1. The van der Waals surface area contributed by atoms with Gasteiger partial charge < -0.3 is 35.6 Å². The maximum atomic E-state index is 14.8. The first-order valence-corrected chi connectivity index (χ1v) is 24.3. The number of amides is 4. The van der Waals surface area contributed by atoms with Crippen molar-refractivity contribution in [3.8, 4) is 22.9 Å². The number of hydrogen-bond donors (Lipinski definition) is 5. The van der Waals surface area contributed by atoms with Gasteiger partial charge >= 0.3 is 0 Å². The molecule has 5 atom stereocenters. The summed E-state index contributed by atoms with van der Waals surface area (Å²) in [4.78, 5) is 67.5. The van der Waals surface area contributed by atoms with E-state index in [1.807, 2.05) is 51.3 Å². The number of methoxy groups -OCH3 is 1. The van der Waals surface area contributed by atoms with E-state index in [4.69, 9.17) is 19.4 Å². The summed E-state index contributed by atoms with van der Waals surface area (Å²) in [6.07, 6.45) is 6.59. The van der Waals surface area contributed by atoms with Crippen molar-refractivity contribution in [1.29, 1.82) is 0 Å². The summed E-state index contributed by atoms with van der Waals surface area (Å²) in [7, 11) is -1.31. The second kappa shape index (κ2) is 19.6. The Labute approximate surface area is 378 Å².